The van der Waals surface area contributed by atoms with Crippen molar-refractivity contribution in [2.75, 3.05) is 13.1 Å². The van der Waals surface area contributed by atoms with Crippen molar-refractivity contribution in [3.63, 3.8) is 0 Å². The normalized spacial score (nSPS) is 25.1. The van der Waals surface area contributed by atoms with Gasteiger partial charge in [0.2, 0.25) is 5.91 Å². The van der Waals surface area contributed by atoms with Crippen LogP contribution in [0.4, 0.5) is 0 Å². The quantitative estimate of drug-likeness (QED) is 0.383. The molecule has 1 aromatic rings. The van der Waals surface area contributed by atoms with E-state index in [0.29, 0.717) is 12.0 Å². The molecule has 3 N–H and O–H groups in total. The maximum absolute atomic E-state index is 12.4. The predicted molar refractivity (Wildman–Crippen MR) is 80.1 cm³/mol. The molecular weight excluding hydrogens is 266 g/mol. The topological polar surface area (TPSA) is 78.9 Å². The number of nitrogens with two attached hydrogens (primary N) is 1. The number of oxime groups is 1. The number of hydrogen-bond donors (Lipinski definition) is 2. The van der Waals surface area contributed by atoms with Gasteiger partial charge in [-0.2, -0.15) is 0 Å². The third-order valence-electron chi connectivity index (χ3n) is 4.79. The largest absolute Gasteiger partial charge is 0.409 e. The van der Waals surface area contributed by atoms with E-state index in [1.807, 2.05) is 17.0 Å². The predicted octanol–water partition coefficient (Wildman–Crippen LogP) is 1.58. The molecule has 5 heteroatoms. The number of carbonyl (C=O) groups is 1. The van der Waals surface area contributed by atoms with Gasteiger partial charge in [0.1, 0.15) is 0 Å². The molecule has 2 aliphatic rings. The first-order valence-electron chi connectivity index (χ1n) is 7.52. The maximum Gasteiger partial charge on any atom is 0.227 e. The van der Waals surface area contributed by atoms with Crippen LogP contribution in [0.5, 0.6) is 0 Å². The van der Waals surface area contributed by atoms with E-state index in [2.05, 4.69) is 5.16 Å². The fourth-order valence-electron chi connectivity index (χ4n) is 3.58. The minimum atomic E-state index is 0.0836. The van der Waals surface area contributed by atoms with Crippen molar-refractivity contribution in [3.05, 3.63) is 35.4 Å². The molecule has 3 rings (SSSR count). The SMILES string of the molecule is N/C(=N/O)c1ccc(CC(=O)N2CC3CCCC3C2)cc1. The van der Waals surface area contributed by atoms with Gasteiger partial charge in [0.25, 0.3) is 0 Å². The van der Waals surface area contributed by atoms with Gasteiger partial charge in [0.15, 0.2) is 5.84 Å². The second-order valence-corrected chi connectivity index (χ2v) is 6.11. The summed E-state index contributed by atoms with van der Waals surface area (Å²) in [5.41, 5.74) is 7.14. The van der Waals surface area contributed by atoms with E-state index in [0.717, 1.165) is 30.5 Å². The van der Waals surface area contributed by atoms with Gasteiger partial charge in [-0.05, 0) is 30.2 Å². The third kappa shape index (κ3) is 2.86. The Labute approximate surface area is 124 Å². The Hall–Kier alpha value is -2.04. The Balaban J connectivity index is 1.60. The van der Waals surface area contributed by atoms with Crippen LogP contribution in [-0.2, 0) is 11.2 Å². The maximum atomic E-state index is 12.4. The lowest BCUT2D eigenvalue weighted by molar-refractivity contribution is -0.129. The highest BCUT2D eigenvalue weighted by molar-refractivity contribution is 5.97. The lowest BCUT2D eigenvalue weighted by atomic mass is 10.0. The van der Waals surface area contributed by atoms with E-state index in [1.165, 1.54) is 19.3 Å². The second kappa shape index (κ2) is 5.76. The number of benzene rings is 1. The number of carbonyl (C=O) groups excluding carboxylic acids is 1. The van der Waals surface area contributed by atoms with E-state index in [-0.39, 0.29) is 11.7 Å². The zero-order valence-corrected chi connectivity index (χ0v) is 12.0. The van der Waals surface area contributed by atoms with Crippen molar-refractivity contribution in [1.82, 2.24) is 4.90 Å². The fraction of sp³-hybridized carbons (Fsp3) is 0.500. The van der Waals surface area contributed by atoms with Crippen LogP contribution in [0.1, 0.15) is 30.4 Å². The summed E-state index contributed by atoms with van der Waals surface area (Å²) < 4.78 is 0. The molecule has 0 aromatic heterocycles. The third-order valence-corrected chi connectivity index (χ3v) is 4.79. The molecule has 1 aliphatic heterocycles. The smallest absolute Gasteiger partial charge is 0.227 e. The highest BCUT2D eigenvalue weighted by atomic mass is 16.4. The van der Waals surface area contributed by atoms with Crippen LogP contribution < -0.4 is 5.73 Å². The lowest BCUT2D eigenvalue weighted by Gasteiger charge is -2.17. The summed E-state index contributed by atoms with van der Waals surface area (Å²) >= 11 is 0. The van der Waals surface area contributed by atoms with Gasteiger partial charge in [0, 0.05) is 18.7 Å². The molecule has 1 amide bonds. The monoisotopic (exact) mass is 287 g/mol. The molecule has 2 atom stereocenters. The number of nitrogens with zero attached hydrogens (tertiary/aromatic N) is 2. The first kappa shape index (κ1) is 13.9. The van der Waals surface area contributed by atoms with E-state index >= 15 is 0 Å². The van der Waals surface area contributed by atoms with Crippen LogP contribution >= 0.6 is 0 Å². The number of likely N-dealkylation sites (tertiary alicyclic amines) is 1. The number of hydrogen-bond acceptors (Lipinski definition) is 3. The minimum Gasteiger partial charge on any atom is -0.409 e. The van der Waals surface area contributed by atoms with Crippen molar-refractivity contribution in [3.8, 4) is 0 Å². The molecule has 21 heavy (non-hydrogen) atoms. The molecule has 1 heterocycles. The van der Waals surface area contributed by atoms with Crippen molar-refractivity contribution in [2.24, 2.45) is 22.7 Å². The zero-order chi connectivity index (χ0) is 14.8. The average molecular weight is 287 g/mol. The number of amides is 1. The molecule has 1 aromatic carbocycles. The molecule has 0 bridgehead atoms. The molecule has 112 valence electrons. The highest BCUT2D eigenvalue weighted by Crippen LogP contribution is 2.37. The van der Waals surface area contributed by atoms with Gasteiger partial charge in [0.05, 0.1) is 6.42 Å². The van der Waals surface area contributed by atoms with Gasteiger partial charge in [-0.3, -0.25) is 4.79 Å². The van der Waals surface area contributed by atoms with Crippen LogP contribution in [0.3, 0.4) is 0 Å². The van der Waals surface area contributed by atoms with Gasteiger partial charge < -0.3 is 15.8 Å². The number of fused-ring (bicyclic) bond motifs is 1. The van der Waals surface area contributed by atoms with E-state index in [9.17, 15) is 4.79 Å². The summed E-state index contributed by atoms with van der Waals surface area (Å²) in [5.74, 6) is 1.76. The molecule has 5 nitrogen and oxygen atoms in total. The highest BCUT2D eigenvalue weighted by Gasteiger charge is 2.37. The average Bonchev–Trinajstić information content (AvgIpc) is 3.08. The summed E-state index contributed by atoms with van der Waals surface area (Å²) in [6.07, 6.45) is 4.31. The van der Waals surface area contributed by atoms with Gasteiger partial charge in [-0.15, -0.1) is 0 Å². The summed E-state index contributed by atoms with van der Waals surface area (Å²) in [5, 5.41) is 11.6. The Morgan fingerprint density at radius 1 is 1.24 bits per heavy atom. The summed E-state index contributed by atoms with van der Waals surface area (Å²) in [6, 6.07) is 7.27. The first-order valence-corrected chi connectivity index (χ1v) is 7.52. The number of amidine groups is 1. The van der Waals surface area contributed by atoms with Crippen molar-refractivity contribution >= 4 is 11.7 Å². The Morgan fingerprint density at radius 2 is 1.86 bits per heavy atom. The van der Waals surface area contributed by atoms with E-state index in [1.54, 1.807) is 12.1 Å². The van der Waals surface area contributed by atoms with Crippen LogP contribution in [0.25, 0.3) is 0 Å². The van der Waals surface area contributed by atoms with Crippen LogP contribution in [0, 0.1) is 11.8 Å². The number of rotatable bonds is 3. The molecular formula is C16H21N3O2. The molecule has 2 unspecified atom stereocenters. The van der Waals surface area contributed by atoms with Crippen molar-refractivity contribution in [1.29, 1.82) is 0 Å². The Morgan fingerprint density at radius 3 is 2.43 bits per heavy atom. The van der Waals surface area contributed by atoms with Gasteiger partial charge >= 0.3 is 0 Å². The fourth-order valence-corrected chi connectivity index (χ4v) is 3.58. The lowest BCUT2D eigenvalue weighted by Crippen LogP contribution is -2.30. The minimum absolute atomic E-state index is 0.0836. The molecule has 1 aliphatic carbocycles. The standard InChI is InChI=1S/C16H21N3O2/c17-16(18-21)12-6-4-11(5-7-12)8-15(20)19-9-13-2-1-3-14(13)10-19/h4-7,13-14,21H,1-3,8-10H2,(H2,17,18). The summed E-state index contributed by atoms with van der Waals surface area (Å²) in [4.78, 5) is 14.4. The molecule has 1 saturated carbocycles. The van der Waals surface area contributed by atoms with Gasteiger partial charge in [-0.25, -0.2) is 0 Å². The second-order valence-electron chi connectivity index (χ2n) is 6.11. The summed E-state index contributed by atoms with van der Waals surface area (Å²) in [7, 11) is 0. The van der Waals surface area contributed by atoms with Crippen LogP contribution in [0.15, 0.2) is 29.4 Å². The Bertz CT molecular complexity index is 541. The van der Waals surface area contributed by atoms with Crippen molar-refractivity contribution in [2.45, 2.75) is 25.7 Å². The summed E-state index contributed by atoms with van der Waals surface area (Å²) in [6.45, 7) is 1.87. The Kier molecular flexibility index (Phi) is 3.82. The molecule has 0 spiro atoms. The van der Waals surface area contributed by atoms with Crippen LogP contribution in [0.2, 0.25) is 0 Å². The van der Waals surface area contributed by atoms with Crippen molar-refractivity contribution < 1.29 is 10.0 Å². The molecule has 1 saturated heterocycles. The van der Waals surface area contributed by atoms with E-state index in [4.69, 9.17) is 10.9 Å². The van der Waals surface area contributed by atoms with Crippen LogP contribution in [-0.4, -0.2) is 34.9 Å². The van der Waals surface area contributed by atoms with Gasteiger partial charge in [-0.1, -0.05) is 35.8 Å². The molecule has 0 radical (unpaired) electrons. The zero-order valence-electron chi connectivity index (χ0n) is 12.0. The first-order chi connectivity index (χ1) is 10.2. The molecule has 2 fully saturated rings. The van der Waals surface area contributed by atoms with E-state index < -0.39 is 0 Å².